The summed E-state index contributed by atoms with van der Waals surface area (Å²) >= 11 is 1.59. The number of hydrogen-bond donors (Lipinski definition) is 0. The zero-order chi connectivity index (χ0) is 18.9. The summed E-state index contributed by atoms with van der Waals surface area (Å²) < 4.78 is 11.2. The number of carbonyl (C=O) groups excluding carboxylic acids is 2. The zero-order valence-corrected chi connectivity index (χ0v) is 16.2. The van der Waals surface area contributed by atoms with Crippen molar-refractivity contribution >= 4 is 39.2 Å². The van der Waals surface area contributed by atoms with Gasteiger partial charge in [0.05, 0.1) is 22.9 Å². The summed E-state index contributed by atoms with van der Waals surface area (Å²) in [5.41, 5.74) is 1.89. The number of rotatable bonds is 2. The molecule has 0 atom stereocenters. The SMILES string of the molecule is COC(=O)c1ccc2sc(C3=CCN(C(=O)OC(C)(C)C)CC3)nc2c1. The molecule has 0 N–H and O–H groups in total. The fourth-order valence-electron chi connectivity index (χ4n) is 2.67. The van der Waals surface area contributed by atoms with Crippen molar-refractivity contribution in [3.63, 3.8) is 0 Å². The van der Waals surface area contributed by atoms with Gasteiger partial charge < -0.3 is 14.4 Å². The predicted molar refractivity (Wildman–Crippen MR) is 101 cm³/mol. The summed E-state index contributed by atoms with van der Waals surface area (Å²) in [6.45, 7) is 6.69. The van der Waals surface area contributed by atoms with Crippen LogP contribution in [0.5, 0.6) is 0 Å². The van der Waals surface area contributed by atoms with Crippen LogP contribution >= 0.6 is 11.3 Å². The summed E-state index contributed by atoms with van der Waals surface area (Å²) in [6, 6.07) is 5.38. The highest BCUT2D eigenvalue weighted by Crippen LogP contribution is 2.31. The second-order valence-electron chi connectivity index (χ2n) is 7.10. The molecule has 0 bridgehead atoms. The molecule has 0 aliphatic carbocycles. The molecule has 1 aromatic carbocycles. The Labute approximate surface area is 156 Å². The van der Waals surface area contributed by atoms with Crippen LogP contribution < -0.4 is 0 Å². The Morgan fingerprint density at radius 3 is 2.65 bits per heavy atom. The lowest BCUT2D eigenvalue weighted by Gasteiger charge is -2.29. The van der Waals surface area contributed by atoms with E-state index < -0.39 is 5.60 Å². The number of amides is 1. The van der Waals surface area contributed by atoms with Gasteiger partial charge in [-0.2, -0.15) is 0 Å². The molecule has 0 radical (unpaired) electrons. The van der Waals surface area contributed by atoms with E-state index >= 15 is 0 Å². The average Bonchev–Trinajstić information content (AvgIpc) is 3.02. The predicted octanol–water partition coefficient (Wildman–Crippen LogP) is 4.11. The van der Waals surface area contributed by atoms with Gasteiger partial charge in [-0.3, -0.25) is 0 Å². The molecule has 138 valence electrons. The minimum atomic E-state index is -0.495. The Hall–Kier alpha value is -2.41. The van der Waals surface area contributed by atoms with Gasteiger partial charge in [-0.25, -0.2) is 14.6 Å². The van der Waals surface area contributed by atoms with Gasteiger partial charge in [0.2, 0.25) is 0 Å². The van der Waals surface area contributed by atoms with Crippen molar-refractivity contribution in [1.82, 2.24) is 9.88 Å². The molecule has 2 aromatic rings. The number of fused-ring (bicyclic) bond motifs is 1. The van der Waals surface area contributed by atoms with Crippen LogP contribution in [0.2, 0.25) is 0 Å². The van der Waals surface area contributed by atoms with E-state index in [1.807, 2.05) is 32.9 Å². The summed E-state index contributed by atoms with van der Waals surface area (Å²) in [5.74, 6) is -0.369. The maximum atomic E-state index is 12.1. The van der Waals surface area contributed by atoms with Gasteiger partial charge in [0.1, 0.15) is 10.6 Å². The molecule has 0 fully saturated rings. The van der Waals surface area contributed by atoms with Gasteiger partial charge in [-0.05, 0) is 51.0 Å². The molecule has 26 heavy (non-hydrogen) atoms. The van der Waals surface area contributed by atoms with Crippen molar-refractivity contribution in [2.75, 3.05) is 20.2 Å². The standard InChI is InChI=1S/C19H22N2O4S/c1-19(2,3)25-18(23)21-9-7-12(8-10-21)16-20-14-11-13(17(22)24-4)5-6-15(14)26-16/h5-7,11H,8-10H2,1-4H3. The van der Waals surface area contributed by atoms with Crippen LogP contribution in [0, 0.1) is 0 Å². The minimum absolute atomic E-state index is 0.292. The Kier molecular flexibility index (Phi) is 5.00. The van der Waals surface area contributed by atoms with E-state index in [1.54, 1.807) is 28.4 Å². The van der Waals surface area contributed by atoms with Crippen LogP contribution in [0.1, 0.15) is 42.6 Å². The van der Waals surface area contributed by atoms with Crippen molar-refractivity contribution in [2.24, 2.45) is 0 Å². The lowest BCUT2D eigenvalue weighted by Crippen LogP contribution is -2.39. The number of carbonyl (C=O) groups is 2. The van der Waals surface area contributed by atoms with E-state index in [-0.39, 0.29) is 12.1 Å². The number of hydrogen-bond acceptors (Lipinski definition) is 6. The van der Waals surface area contributed by atoms with Gasteiger partial charge in [-0.1, -0.05) is 6.08 Å². The van der Waals surface area contributed by atoms with Crippen molar-refractivity contribution in [3.8, 4) is 0 Å². The second-order valence-corrected chi connectivity index (χ2v) is 8.13. The minimum Gasteiger partial charge on any atom is -0.465 e. The summed E-state index contributed by atoms with van der Waals surface area (Å²) in [4.78, 5) is 30.1. The smallest absolute Gasteiger partial charge is 0.410 e. The molecule has 1 amide bonds. The number of aromatic nitrogens is 1. The van der Waals surface area contributed by atoms with Crippen molar-refractivity contribution in [1.29, 1.82) is 0 Å². The monoisotopic (exact) mass is 374 g/mol. The van der Waals surface area contributed by atoms with E-state index in [4.69, 9.17) is 9.47 Å². The first-order valence-electron chi connectivity index (χ1n) is 8.43. The van der Waals surface area contributed by atoms with Crippen LogP contribution in [0.25, 0.3) is 15.8 Å². The third kappa shape index (κ3) is 4.04. The number of nitrogens with zero attached hydrogens (tertiary/aromatic N) is 2. The zero-order valence-electron chi connectivity index (χ0n) is 15.4. The quantitative estimate of drug-likeness (QED) is 0.740. The van der Waals surface area contributed by atoms with E-state index in [0.29, 0.717) is 18.7 Å². The van der Waals surface area contributed by atoms with Crippen LogP contribution in [-0.2, 0) is 9.47 Å². The second kappa shape index (κ2) is 7.07. The molecule has 0 saturated heterocycles. The maximum absolute atomic E-state index is 12.1. The molecule has 1 aliphatic rings. The van der Waals surface area contributed by atoms with Crippen molar-refractivity contribution < 1.29 is 19.1 Å². The van der Waals surface area contributed by atoms with Gasteiger partial charge in [0, 0.05) is 13.1 Å². The molecule has 0 saturated carbocycles. The third-order valence-corrected chi connectivity index (χ3v) is 5.06. The molecular weight excluding hydrogens is 352 g/mol. The van der Waals surface area contributed by atoms with E-state index in [2.05, 4.69) is 4.98 Å². The molecule has 1 aromatic heterocycles. The van der Waals surface area contributed by atoms with E-state index in [0.717, 1.165) is 27.2 Å². The Morgan fingerprint density at radius 1 is 1.27 bits per heavy atom. The fourth-order valence-corrected chi connectivity index (χ4v) is 3.68. The highest BCUT2D eigenvalue weighted by atomic mass is 32.1. The number of benzene rings is 1. The van der Waals surface area contributed by atoms with E-state index in [1.165, 1.54) is 7.11 Å². The highest BCUT2D eigenvalue weighted by molar-refractivity contribution is 7.19. The Balaban J connectivity index is 1.76. The molecule has 0 spiro atoms. The highest BCUT2D eigenvalue weighted by Gasteiger charge is 2.24. The molecule has 7 heteroatoms. The van der Waals surface area contributed by atoms with E-state index in [9.17, 15) is 9.59 Å². The van der Waals surface area contributed by atoms with Gasteiger partial charge >= 0.3 is 12.1 Å². The lowest BCUT2D eigenvalue weighted by atomic mass is 10.1. The summed E-state index contributed by atoms with van der Waals surface area (Å²) in [5, 5.41) is 0.922. The molecular formula is C19H22N2O4S. The number of ether oxygens (including phenoxy) is 2. The fraction of sp³-hybridized carbons (Fsp3) is 0.421. The normalized spacial score (nSPS) is 14.9. The Bertz CT molecular complexity index is 879. The maximum Gasteiger partial charge on any atom is 0.410 e. The first kappa shape index (κ1) is 18.4. The van der Waals surface area contributed by atoms with Crippen LogP contribution in [0.3, 0.4) is 0 Å². The van der Waals surface area contributed by atoms with Crippen molar-refractivity contribution in [3.05, 3.63) is 34.8 Å². The molecule has 1 aliphatic heterocycles. The average molecular weight is 374 g/mol. The topological polar surface area (TPSA) is 68.7 Å². The van der Waals surface area contributed by atoms with Gasteiger partial charge in [0.25, 0.3) is 0 Å². The largest absolute Gasteiger partial charge is 0.465 e. The summed E-state index contributed by atoms with van der Waals surface area (Å²) in [6.07, 6.45) is 2.45. The number of methoxy groups -OCH3 is 1. The van der Waals surface area contributed by atoms with Crippen LogP contribution in [0.4, 0.5) is 4.79 Å². The number of esters is 1. The van der Waals surface area contributed by atoms with Gasteiger partial charge in [0.15, 0.2) is 0 Å². The molecule has 2 heterocycles. The first-order chi connectivity index (χ1) is 12.3. The van der Waals surface area contributed by atoms with Crippen molar-refractivity contribution in [2.45, 2.75) is 32.8 Å². The molecule has 0 unspecified atom stereocenters. The third-order valence-electron chi connectivity index (χ3n) is 3.94. The lowest BCUT2D eigenvalue weighted by molar-refractivity contribution is 0.0270. The van der Waals surface area contributed by atoms with Crippen LogP contribution in [0.15, 0.2) is 24.3 Å². The Morgan fingerprint density at radius 2 is 2.04 bits per heavy atom. The van der Waals surface area contributed by atoms with Gasteiger partial charge in [-0.15, -0.1) is 11.3 Å². The summed E-state index contributed by atoms with van der Waals surface area (Å²) in [7, 11) is 1.36. The van der Waals surface area contributed by atoms with Crippen LogP contribution in [-0.4, -0.2) is 47.7 Å². The molecule has 6 nitrogen and oxygen atoms in total. The first-order valence-corrected chi connectivity index (χ1v) is 9.25. The number of thiazole rings is 1. The molecule has 3 rings (SSSR count).